The molecule has 4 rings (SSSR count). The highest BCUT2D eigenvalue weighted by molar-refractivity contribution is 5.90. The summed E-state index contributed by atoms with van der Waals surface area (Å²) in [6.45, 7) is 1.12. The van der Waals surface area contributed by atoms with Gasteiger partial charge in [0, 0.05) is 13.1 Å². The lowest BCUT2D eigenvalue weighted by molar-refractivity contribution is -0.138. The second kappa shape index (κ2) is 5.86. The first-order valence-electron chi connectivity index (χ1n) is 8.24. The molecule has 2 aromatic rings. The number of benzene rings is 1. The smallest absolute Gasteiger partial charge is 0.335 e. The number of likely N-dealkylation sites (tertiary alicyclic amines) is 1. The van der Waals surface area contributed by atoms with E-state index in [-0.39, 0.29) is 29.5 Å². The van der Waals surface area contributed by atoms with Crippen molar-refractivity contribution >= 4 is 5.91 Å². The minimum atomic E-state index is -4.33. The Hall–Kier alpha value is -2.38. The maximum atomic E-state index is 13.2. The fraction of sp³-hybridized carbons (Fsp3) is 0.471. The van der Waals surface area contributed by atoms with Crippen LogP contribution in [-0.2, 0) is 6.18 Å². The Labute approximate surface area is 142 Å². The molecule has 0 spiro atoms. The molecule has 25 heavy (non-hydrogen) atoms. The summed E-state index contributed by atoms with van der Waals surface area (Å²) in [6, 6.07) is 5.84. The van der Waals surface area contributed by atoms with Crippen LogP contribution in [0.5, 0.6) is 0 Å². The van der Waals surface area contributed by atoms with Crippen molar-refractivity contribution in [2.75, 3.05) is 13.1 Å². The van der Waals surface area contributed by atoms with E-state index in [1.807, 2.05) is 0 Å². The highest BCUT2D eigenvalue weighted by atomic mass is 19.4. The number of nitrogens with zero attached hydrogens (tertiary/aromatic N) is 3. The van der Waals surface area contributed by atoms with Gasteiger partial charge >= 0.3 is 6.18 Å². The Kier molecular flexibility index (Phi) is 3.77. The van der Waals surface area contributed by atoms with E-state index in [9.17, 15) is 18.0 Å². The molecule has 0 bridgehead atoms. The third-order valence-corrected chi connectivity index (χ3v) is 5.35. The summed E-state index contributed by atoms with van der Waals surface area (Å²) in [5, 5.41) is 6.32. The van der Waals surface area contributed by atoms with E-state index in [2.05, 4.69) is 15.2 Å². The first-order valence-corrected chi connectivity index (χ1v) is 8.24. The molecule has 1 saturated heterocycles. The van der Waals surface area contributed by atoms with Gasteiger partial charge in [-0.05, 0) is 42.2 Å². The molecule has 2 heterocycles. The van der Waals surface area contributed by atoms with E-state index in [4.69, 9.17) is 0 Å². The van der Waals surface area contributed by atoms with E-state index in [1.165, 1.54) is 12.4 Å². The molecule has 1 aromatic heterocycles. The SMILES string of the molecule is O=C(c1nc[nH]n1)N1C[C@H]2CC(c3ccccc3C(F)(F)F)C[C@H]2C1. The van der Waals surface area contributed by atoms with Crippen molar-refractivity contribution in [2.24, 2.45) is 11.8 Å². The summed E-state index contributed by atoms with van der Waals surface area (Å²) in [5.41, 5.74) is -0.148. The van der Waals surface area contributed by atoms with Gasteiger partial charge in [-0.1, -0.05) is 18.2 Å². The Balaban J connectivity index is 1.48. The van der Waals surface area contributed by atoms with Gasteiger partial charge < -0.3 is 4.90 Å². The highest BCUT2D eigenvalue weighted by Crippen LogP contribution is 2.48. The number of fused-ring (bicyclic) bond motifs is 1. The Morgan fingerprint density at radius 3 is 2.44 bits per heavy atom. The van der Waals surface area contributed by atoms with Crippen molar-refractivity contribution in [3.8, 4) is 0 Å². The van der Waals surface area contributed by atoms with Gasteiger partial charge in [0.2, 0.25) is 5.82 Å². The van der Waals surface area contributed by atoms with Gasteiger partial charge in [0.25, 0.3) is 5.91 Å². The van der Waals surface area contributed by atoms with Crippen LogP contribution in [0.15, 0.2) is 30.6 Å². The van der Waals surface area contributed by atoms with Crippen LogP contribution in [0.3, 0.4) is 0 Å². The molecule has 5 nitrogen and oxygen atoms in total. The molecule has 1 amide bonds. The number of nitrogens with one attached hydrogen (secondary N) is 1. The number of rotatable bonds is 2. The van der Waals surface area contributed by atoms with Crippen LogP contribution >= 0.6 is 0 Å². The van der Waals surface area contributed by atoms with Crippen LogP contribution in [0.2, 0.25) is 0 Å². The third-order valence-electron chi connectivity index (χ3n) is 5.35. The Bertz CT molecular complexity index is 760. The van der Waals surface area contributed by atoms with Crippen LogP contribution < -0.4 is 0 Å². The average Bonchev–Trinajstić information content (AvgIpc) is 3.29. The topological polar surface area (TPSA) is 61.9 Å². The van der Waals surface area contributed by atoms with Gasteiger partial charge in [0.05, 0.1) is 5.56 Å². The lowest BCUT2D eigenvalue weighted by atomic mass is 9.91. The van der Waals surface area contributed by atoms with E-state index in [1.54, 1.807) is 17.0 Å². The highest BCUT2D eigenvalue weighted by Gasteiger charge is 2.45. The lowest BCUT2D eigenvalue weighted by Gasteiger charge is -2.21. The van der Waals surface area contributed by atoms with Crippen LogP contribution in [0.25, 0.3) is 0 Å². The maximum absolute atomic E-state index is 13.2. The normalized spacial score (nSPS) is 26.0. The number of carbonyl (C=O) groups is 1. The Morgan fingerprint density at radius 2 is 1.84 bits per heavy atom. The fourth-order valence-corrected chi connectivity index (χ4v) is 4.28. The van der Waals surface area contributed by atoms with Crippen LogP contribution in [0, 0.1) is 11.8 Å². The number of halogens is 3. The number of H-pyrrole nitrogens is 1. The molecule has 132 valence electrons. The number of hydrogen-bond acceptors (Lipinski definition) is 3. The van der Waals surface area contributed by atoms with Crippen molar-refractivity contribution in [1.29, 1.82) is 0 Å². The van der Waals surface area contributed by atoms with Gasteiger partial charge in [0.15, 0.2) is 0 Å². The monoisotopic (exact) mass is 350 g/mol. The molecule has 1 aliphatic heterocycles. The molecule has 2 aliphatic rings. The molecule has 1 aliphatic carbocycles. The first kappa shape index (κ1) is 16.1. The summed E-state index contributed by atoms with van der Waals surface area (Å²) >= 11 is 0. The van der Waals surface area contributed by atoms with E-state index >= 15 is 0 Å². The van der Waals surface area contributed by atoms with E-state index < -0.39 is 11.7 Å². The third kappa shape index (κ3) is 2.89. The molecule has 0 radical (unpaired) electrons. The van der Waals surface area contributed by atoms with Crippen molar-refractivity contribution in [3.63, 3.8) is 0 Å². The molecule has 8 heteroatoms. The number of carbonyl (C=O) groups excluding carboxylic acids is 1. The zero-order valence-corrected chi connectivity index (χ0v) is 13.3. The van der Waals surface area contributed by atoms with Crippen molar-refractivity contribution < 1.29 is 18.0 Å². The van der Waals surface area contributed by atoms with Crippen molar-refractivity contribution in [2.45, 2.75) is 24.9 Å². The van der Waals surface area contributed by atoms with E-state index in [0.717, 1.165) is 6.07 Å². The van der Waals surface area contributed by atoms with Gasteiger partial charge in [-0.3, -0.25) is 9.89 Å². The second-order valence-electron chi connectivity index (χ2n) is 6.81. The molecule has 1 aromatic carbocycles. The molecule has 3 atom stereocenters. The summed E-state index contributed by atoms with van der Waals surface area (Å²) in [7, 11) is 0. The first-order chi connectivity index (χ1) is 11.9. The number of aromatic nitrogens is 3. The zero-order valence-electron chi connectivity index (χ0n) is 13.3. The molecular weight excluding hydrogens is 333 g/mol. The number of hydrogen-bond donors (Lipinski definition) is 1. The number of amides is 1. The zero-order chi connectivity index (χ0) is 17.6. The summed E-state index contributed by atoms with van der Waals surface area (Å²) in [5.74, 6) is 0.277. The van der Waals surface area contributed by atoms with Gasteiger partial charge in [-0.15, -0.1) is 5.10 Å². The summed E-state index contributed by atoms with van der Waals surface area (Å²) in [4.78, 5) is 17.9. The quantitative estimate of drug-likeness (QED) is 0.905. The number of alkyl halides is 3. The predicted octanol–water partition coefficient (Wildman–Crippen LogP) is 3.09. The molecule has 1 unspecified atom stereocenters. The fourth-order valence-electron chi connectivity index (χ4n) is 4.28. The Morgan fingerprint density at radius 1 is 1.16 bits per heavy atom. The lowest BCUT2D eigenvalue weighted by Crippen LogP contribution is -2.30. The minimum absolute atomic E-state index is 0.103. The number of aromatic amines is 1. The standard InChI is InChI=1S/C17H17F3N4O/c18-17(19,20)14-4-2-1-3-13(14)10-5-11-7-24(8-12(11)6-10)16(25)15-21-9-22-23-15/h1-4,9-12H,5-8H2,(H,21,22,23)/t10?,11-,12+. The molecular formula is C17H17F3N4O. The van der Waals surface area contributed by atoms with Crippen LogP contribution in [0.4, 0.5) is 13.2 Å². The van der Waals surface area contributed by atoms with Crippen LogP contribution in [0.1, 0.15) is 40.5 Å². The van der Waals surface area contributed by atoms with Crippen molar-refractivity contribution in [3.05, 3.63) is 47.5 Å². The average molecular weight is 350 g/mol. The van der Waals surface area contributed by atoms with Gasteiger partial charge in [-0.25, -0.2) is 4.98 Å². The molecule has 1 N–H and O–H groups in total. The maximum Gasteiger partial charge on any atom is 0.416 e. The second-order valence-corrected chi connectivity index (χ2v) is 6.81. The van der Waals surface area contributed by atoms with E-state index in [0.29, 0.717) is 31.5 Å². The largest absolute Gasteiger partial charge is 0.416 e. The molecule has 1 saturated carbocycles. The van der Waals surface area contributed by atoms with Gasteiger partial charge in [-0.2, -0.15) is 13.2 Å². The summed E-state index contributed by atoms with van der Waals surface area (Å²) < 4.78 is 39.7. The van der Waals surface area contributed by atoms with Crippen LogP contribution in [-0.4, -0.2) is 39.1 Å². The summed E-state index contributed by atoms with van der Waals surface area (Å²) in [6.07, 6.45) is -1.62. The minimum Gasteiger partial charge on any atom is -0.335 e. The predicted molar refractivity (Wildman–Crippen MR) is 82.7 cm³/mol. The molecule has 2 fully saturated rings. The van der Waals surface area contributed by atoms with Crippen molar-refractivity contribution in [1.82, 2.24) is 20.1 Å². The van der Waals surface area contributed by atoms with Gasteiger partial charge in [0.1, 0.15) is 6.33 Å².